The van der Waals surface area contributed by atoms with Crippen LogP contribution in [0.5, 0.6) is 0 Å². The minimum atomic E-state index is -0.322. The van der Waals surface area contributed by atoms with Crippen molar-refractivity contribution in [3.63, 3.8) is 0 Å². The maximum Gasteiger partial charge on any atom is 0.239 e. The zero-order valence-electron chi connectivity index (χ0n) is 8.64. The van der Waals surface area contributed by atoms with Crippen LogP contribution in [0.3, 0.4) is 0 Å². The number of amides is 1. The van der Waals surface area contributed by atoms with E-state index in [0.29, 0.717) is 24.7 Å². The molecular weight excluding hydrogens is 196 g/mol. The predicted molar refractivity (Wildman–Crippen MR) is 51.9 cm³/mol. The van der Waals surface area contributed by atoms with Crippen LogP contribution in [-0.4, -0.2) is 40.1 Å². The van der Waals surface area contributed by atoms with E-state index < -0.39 is 0 Å². The van der Waals surface area contributed by atoms with Crippen LogP contribution in [0.2, 0.25) is 0 Å². The molecule has 1 aliphatic heterocycles. The third-order valence-corrected chi connectivity index (χ3v) is 2.51. The molecule has 15 heavy (non-hydrogen) atoms. The van der Waals surface area contributed by atoms with E-state index in [2.05, 4.69) is 10.1 Å². The van der Waals surface area contributed by atoms with Gasteiger partial charge in [0.2, 0.25) is 11.8 Å². The summed E-state index contributed by atoms with van der Waals surface area (Å²) in [5.41, 5.74) is 5.60. The van der Waals surface area contributed by atoms with Crippen LogP contribution < -0.4 is 5.73 Å². The molecule has 2 rings (SSSR count). The SMILES string of the molecule is Cc1nc(CCN2CCC(N)C2=O)no1. The summed E-state index contributed by atoms with van der Waals surface area (Å²) in [6.45, 7) is 3.09. The summed E-state index contributed by atoms with van der Waals surface area (Å²) in [4.78, 5) is 17.3. The second-order valence-electron chi connectivity index (χ2n) is 3.70. The quantitative estimate of drug-likeness (QED) is 0.725. The maximum absolute atomic E-state index is 11.5. The average Bonchev–Trinajstić information content (AvgIpc) is 2.74. The standard InChI is InChI=1S/C9H14N4O2/c1-6-11-8(12-15-6)3-5-13-4-2-7(10)9(13)14/h7H,2-5,10H2,1H3. The fourth-order valence-electron chi connectivity index (χ4n) is 1.66. The van der Waals surface area contributed by atoms with E-state index >= 15 is 0 Å². The van der Waals surface area contributed by atoms with E-state index in [1.165, 1.54) is 0 Å². The zero-order valence-corrected chi connectivity index (χ0v) is 8.64. The molecule has 1 aromatic heterocycles. The van der Waals surface area contributed by atoms with Crippen molar-refractivity contribution >= 4 is 5.91 Å². The van der Waals surface area contributed by atoms with Crippen LogP contribution in [0.15, 0.2) is 4.52 Å². The highest BCUT2D eigenvalue weighted by Crippen LogP contribution is 2.09. The van der Waals surface area contributed by atoms with Gasteiger partial charge in [-0.3, -0.25) is 4.79 Å². The van der Waals surface area contributed by atoms with Gasteiger partial charge in [0.1, 0.15) is 0 Å². The van der Waals surface area contributed by atoms with Crippen molar-refractivity contribution in [2.75, 3.05) is 13.1 Å². The summed E-state index contributed by atoms with van der Waals surface area (Å²) >= 11 is 0. The number of hydrogen-bond donors (Lipinski definition) is 1. The number of nitrogens with zero attached hydrogens (tertiary/aromatic N) is 3. The molecular formula is C9H14N4O2. The Balaban J connectivity index is 1.86. The second-order valence-corrected chi connectivity index (χ2v) is 3.70. The zero-order chi connectivity index (χ0) is 10.8. The molecule has 0 spiro atoms. The Labute approximate surface area is 87.4 Å². The summed E-state index contributed by atoms with van der Waals surface area (Å²) in [5, 5.41) is 3.77. The third kappa shape index (κ3) is 2.15. The number of aromatic nitrogens is 2. The molecule has 1 fully saturated rings. The van der Waals surface area contributed by atoms with Gasteiger partial charge in [-0.1, -0.05) is 5.16 Å². The predicted octanol–water partition coefficient (Wildman–Crippen LogP) is -0.520. The second kappa shape index (κ2) is 3.98. The molecule has 6 nitrogen and oxygen atoms in total. The van der Waals surface area contributed by atoms with Crippen LogP contribution in [0.25, 0.3) is 0 Å². The van der Waals surface area contributed by atoms with Crippen molar-refractivity contribution in [2.24, 2.45) is 5.73 Å². The number of nitrogens with two attached hydrogens (primary N) is 1. The Hall–Kier alpha value is -1.43. The van der Waals surface area contributed by atoms with Gasteiger partial charge in [0.15, 0.2) is 5.82 Å². The van der Waals surface area contributed by atoms with Gasteiger partial charge in [-0.25, -0.2) is 0 Å². The van der Waals surface area contributed by atoms with E-state index in [9.17, 15) is 4.79 Å². The number of carbonyl (C=O) groups excluding carboxylic acids is 1. The van der Waals surface area contributed by atoms with Gasteiger partial charge in [-0.05, 0) is 6.42 Å². The van der Waals surface area contributed by atoms with Crippen molar-refractivity contribution in [1.82, 2.24) is 15.0 Å². The van der Waals surface area contributed by atoms with Crippen LogP contribution in [0.1, 0.15) is 18.1 Å². The lowest BCUT2D eigenvalue weighted by atomic mass is 10.3. The maximum atomic E-state index is 11.5. The van der Waals surface area contributed by atoms with E-state index in [1.54, 1.807) is 11.8 Å². The molecule has 6 heteroatoms. The normalized spacial score (nSPS) is 21.3. The smallest absolute Gasteiger partial charge is 0.239 e. The molecule has 1 aliphatic rings. The van der Waals surface area contributed by atoms with Gasteiger partial charge in [0.25, 0.3) is 0 Å². The van der Waals surface area contributed by atoms with Crippen LogP contribution in [0, 0.1) is 6.92 Å². The van der Waals surface area contributed by atoms with E-state index in [-0.39, 0.29) is 11.9 Å². The van der Waals surface area contributed by atoms with Gasteiger partial charge in [-0.2, -0.15) is 4.98 Å². The highest BCUT2D eigenvalue weighted by molar-refractivity contribution is 5.83. The van der Waals surface area contributed by atoms with Crippen LogP contribution in [0.4, 0.5) is 0 Å². The highest BCUT2D eigenvalue weighted by atomic mass is 16.5. The Morgan fingerprint density at radius 2 is 2.47 bits per heavy atom. The summed E-state index contributed by atoms with van der Waals surface area (Å²) in [7, 11) is 0. The molecule has 0 radical (unpaired) electrons. The largest absolute Gasteiger partial charge is 0.341 e. The summed E-state index contributed by atoms with van der Waals surface area (Å²) in [5.74, 6) is 1.21. The van der Waals surface area contributed by atoms with Crippen molar-refractivity contribution in [1.29, 1.82) is 0 Å². The average molecular weight is 210 g/mol. The first-order chi connectivity index (χ1) is 7.16. The first kappa shape index (κ1) is 10.1. The third-order valence-electron chi connectivity index (χ3n) is 2.51. The summed E-state index contributed by atoms with van der Waals surface area (Å²) < 4.78 is 4.84. The fraction of sp³-hybridized carbons (Fsp3) is 0.667. The minimum absolute atomic E-state index is 0.0233. The Kier molecular flexibility index (Phi) is 2.68. The first-order valence-corrected chi connectivity index (χ1v) is 5.00. The van der Waals surface area contributed by atoms with E-state index in [4.69, 9.17) is 10.3 Å². The minimum Gasteiger partial charge on any atom is -0.341 e. The number of likely N-dealkylation sites (tertiary alicyclic amines) is 1. The first-order valence-electron chi connectivity index (χ1n) is 5.00. The molecule has 1 amide bonds. The molecule has 1 unspecified atom stereocenters. The highest BCUT2D eigenvalue weighted by Gasteiger charge is 2.28. The number of aryl methyl sites for hydroxylation is 1. The van der Waals surface area contributed by atoms with Gasteiger partial charge in [0.05, 0.1) is 6.04 Å². The van der Waals surface area contributed by atoms with Crippen LogP contribution in [-0.2, 0) is 11.2 Å². The molecule has 1 aromatic rings. The topological polar surface area (TPSA) is 85.3 Å². The van der Waals surface area contributed by atoms with Crippen molar-refractivity contribution < 1.29 is 9.32 Å². The molecule has 0 aromatic carbocycles. The Bertz CT molecular complexity index is 363. The molecule has 1 atom stereocenters. The lowest BCUT2D eigenvalue weighted by molar-refractivity contribution is -0.128. The van der Waals surface area contributed by atoms with Crippen LogP contribution >= 0.6 is 0 Å². The molecule has 0 saturated carbocycles. The van der Waals surface area contributed by atoms with Gasteiger partial charge >= 0.3 is 0 Å². The molecule has 1 saturated heterocycles. The lowest BCUT2D eigenvalue weighted by Gasteiger charge is -2.14. The molecule has 0 bridgehead atoms. The molecule has 82 valence electrons. The van der Waals surface area contributed by atoms with E-state index in [0.717, 1.165) is 13.0 Å². The van der Waals surface area contributed by atoms with Crippen molar-refractivity contribution in [2.45, 2.75) is 25.8 Å². The van der Waals surface area contributed by atoms with E-state index in [1.807, 2.05) is 0 Å². The lowest BCUT2D eigenvalue weighted by Crippen LogP contribution is -2.35. The van der Waals surface area contributed by atoms with Crippen molar-refractivity contribution in [3.8, 4) is 0 Å². The van der Waals surface area contributed by atoms with Gasteiger partial charge in [0, 0.05) is 26.4 Å². The fourth-order valence-corrected chi connectivity index (χ4v) is 1.66. The van der Waals surface area contributed by atoms with Gasteiger partial charge in [-0.15, -0.1) is 0 Å². The molecule has 2 N–H and O–H groups in total. The van der Waals surface area contributed by atoms with Crippen molar-refractivity contribution in [3.05, 3.63) is 11.7 Å². The summed E-state index contributed by atoms with van der Waals surface area (Å²) in [6.07, 6.45) is 1.36. The molecule has 0 aliphatic carbocycles. The van der Waals surface area contributed by atoms with Gasteiger partial charge < -0.3 is 15.2 Å². The number of hydrogen-bond acceptors (Lipinski definition) is 5. The Morgan fingerprint density at radius 3 is 3.00 bits per heavy atom. The summed E-state index contributed by atoms with van der Waals surface area (Å²) in [6, 6.07) is -0.322. The monoisotopic (exact) mass is 210 g/mol. The Morgan fingerprint density at radius 1 is 1.67 bits per heavy atom. The number of carbonyl (C=O) groups is 1. The molecule has 2 heterocycles. The number of rotatable bonds is 3.